The van der Waals surface area contributed by atoms with Gasteiger partial charge >= 0.3 is 6.18 Å². The molecule has 1 heterocycles. The van der Waals surface area contributed by atoms with Crippen LogP contribution in [0.15, 0.2) is 6.07 Å². The Kier molecular flexibility index (Phi) is 6.15. The number of ether oxygens (including phenoxy) is 1. The molecule has 1 amide bonds. The van der Waals surface area contributed by atoms with Crippen molar-refractivity contribution in [1.82, 2.24) is 9.97 Å². The van der Waals surface area contributed by atoms with Gasteiger partial charge in [0.2, 0.25) is 11.7 Å². The number of aromatic nitrogens is 2. The van der Waals surface area contributed by atoms with E-state index < -0.39 is 17.9 Å². The van der Waals surface area contributed by atoms with Crippen LogP contribution in [0.25, 0.3) is 0 Å². The van der Waals surface area contributed by atoms with Crippen molar-refractivity contribution in [3.05, 3.63) is 11.9 Å². The number of nitrogens with two attached hydrogens (primary N) is 1. The average Bonchev–Trinajstić information content (AvgIpc) is 2.37. The number of rotatable bonds is 8. The number of hydrogen-bond acceptors (Lipinski definition) is 6. The van der Waals surface area contributed by atoms with Gasteiger partial charge in [-0.05, 0) is 6.92 Å². The van der Waals surface area contributed by atoms with Crippen LogP contribution < -0.4 is 16.4 Å². The molecule has 0 unspecified atom stereocenters. The number of carbonyl (C=O) groups is 1. The van der Waals surface area contributed by atoms with E-state index in [1.165, 1.54) is 6.07 Å². The van der Waals surface area contributed by atoms with E-state index in [0.717, 1.165) is 0 Å². The molecule has 0 saturated heterocycles. The molecule has 118 valence electrons. The zero-order valence-electron chi connectivity index (χ0n) is 11.3. The number of nitrogens with zero attached hydrogens (tertiary/aromatic N) is 2. The minimum absolute atomic E-state index is 0.0101. The number of primary amides is 1. The summed E-state index contributed by atoms with van der Waals surface area (Å²) in [5, 5.41) is 5.35. The standard InChI is InChI=1S/C11H16F3N5O2/c1-2-16-8-5-9(17-3-4-21-6-7(15)20)19-10(18-8)11(12,13)14/h5H,2-4,6H2,1H3,(H2,15,20)(H2,16,17,18,19). The van der Waals surface area contributed by atoms with Crippen LogP contribution in [0.3, 0.4) is 0 Å². The van der Waals surface area contributed by atoms with Crippen molar-refractivity contribution in [2.45, 2.75) is 13.1 Å². The van der Waals surface area contributed by atoms with Gasteiger partial charge in [0, 0.05) is 19.2 Å². The minimum Gasteiger partial charge on any atom is -0.370 e. The number of hydrogen-bond donors (Lipinski definition) is 3. The van der Waals surface area contributed by atoms with Gasteiger partial charge in [-0.1, -0.05) is 0 Å². The number of halogens is 3. The highest BCUT2D eigenvalue weighted by Crippen LogP contribution is 2.28. The molecule has 0 aliphatic carbocycles. The molecule has 0 saturated carbocycles. The van der Waals surface area contributed by atoms with E-state index in [2.05, 4.69) is 20.6 Å². The summed E-state index contributed by atoms with van der Waals surface area (Å²) in [7, 11) is 0. The Labute approximate surface area is 119 Å². The Morgan fingerprint density at radius 3 is 2.48 bits per heavy atom. The van der Waals surface area contributed by atoms with E-state index in [4.69, 9.17) is 10.5 Å². The Morgan fingerprint density at radius 1 is 1.33 bits per heavy atom. The summed E-state index contributed by atoms with van der Waals surface area (Å²) in [5.41, 5.74) is 4.87. The van der Waals surface area contributed by atoms with Gasteiger partial charge in [-0.25, -0.2) is 9.97 Å². The average molecular weight is 307 g/mol. The molecule has 0 aliphatic heterocycles. The molecule has 4 N–H and O–H groups in total. The number of anilines is 2. The molecule has 0 aliphatic rings. The third-order valence-electron chi connectivity index (χ3n) is 2.13. The molecule has 0 bridgehead atoms. The van der Waals surface area contributed by atoms with Crippen molar-refractivity contribution < 1.29 is 22.7 Å². The zero-order chi connectivity index (χ0) is 15.9. The SMILES string of the molecule is CCNc1cc(NCCOCC(N)=O)nc(C(F)(F)F)n1. The van der Waals surface area contributed by atoms with Crippen molar-refractivity contribution in [1.29, 1.82) is 0 Å². The lowest BCUT2D eigenvalue weighted by Gasteiger charge is -2.12. The van der Waals surface area contributed by atoms with Gasteiger partial charge in [0.25, 0.3) is 0 Å². The Morgan fingerprint density at radius 2 is 1.95 bits per heavy atom. The number of carbonyl (C=O) groups excluding carboxylic acids is 1. The molecule has 1 aromatic rings. The summed E-state index contributed by atoms with van der Waals surface area (Å²) in [6.45, 7) is 2.19. The van der Waals surface area contributed by atoms with Gasteiger partial charge < -0.3 is 21.1 Å². The van der Waals surface area contributed by atoms with E-state index in [1.807, 2.05) is 0 Å². The fourth-order valence-corrected chi connectivity index (χ4v) is 1.36. The molecule has 0 atom stereocenters. The molecule has 0 aromatic carbocycles. The predicted octanol–water partition coefficient (Wildman–Crippen LogP) is 0.841. The number of amides is 1. The first-order valence-corrected chi connectivity index (χ1v) is 6.13. The lowest BCUT2D eigenvalue weighted by atomic mass is 10.4. The molecule has 10 heteroatoms. The van der Waals surface area contributed by atoms with Crippen molar-refractivity contribution in [2.24, 2.45) is 5.73 Å². The second-order valence-corrected chi connectivity index (χ2v) is 3.94. The maximum Gasteiger partial charge on any atom is 0.451 e. The van der Waals surface area contributed by atoms with Gasteiger partial charge in [-0.15, -0.1) is 0 Å². The van der Waals surface area contributed by atoms with Crippen LogP contribution in [0.2, 0.25) is 0 Å². The van der Waals surface area contributed by atoms with Crippen LogP contribution in [0, 0.1) is 0 Å². The van der Waals surface area contributed by atoms with E-state index in [9.17, 15) is 18.0 Å². The topological polar surface area (TPSA) is 102 Å². The molecule has 1 rings (SSSR count). The fourth-order valence-electron chi connectivity index (χ4n) is 1.36. The molecular weight excluding hydrogens is 291 g/mol. The van der Waals surface area contributed by atoms with Crippen molar-refractivity contribution in [2.75, 3.05) is 36.9 Å². The second-order valence-electron chi connectivity index (χ2n) is 3.94. The summed E-state index contributed by atoms with van der Waals surface area (Å²) in [6.07, 6.45) is -4.63. The first kappa shape index (κ1) is 17.0. The Balaban J connectivity index is 2.67. The van der Waals surface area contributed by atoms with Gasteiger partial charge in [-0.2, -0.15) is 13.2 Å². The monoisotopic (exact) mass is 307 g/mol. The molecule has 21 heavy (non-hydrogen) atoms. The third-order valence-corrected chi connectivity index (χ3v) is 2.13. The van der Waals surface area contributed by atoms with Gasteiger partial charge in [-0.3, -0.25) is 4.79 Å². The van der Waals surface area contributed by atoms with Crippen LogP contribution in [0.4, 0.5) is 24.8 Å². The maximum absolute atomic E-state index is 12.7. The van der Waals surface area contributed by atoms with Crippen LogP contribution in [0.1, 0.15) is 12.7 Å². The molecule has 0 fully saturated rings. The first-order chi connectivity index (χ1) is 9.82. The summed E-state index contributed by atoms with van der Waals surface area (Å²) in [5.74, 6) is -1.77. The fraction of sp³-hybridized carbons (Fsp3) is 0.545. The largest absolute Gasteiger partial charge is 0.451 e. The van der Waals surface area contributed by atoms with Crippen molar-refractivity contribution in [3.8, 4) is 0 Å². The van der Waals surface area contributed by atoms with Crippen LogP contribution in [0.5, 0.6) is 0 Å². The Bertz CT molecular complexity index is 481. The van der Waals surface area contributed by atoms with Crippen molar-refractivity contribution in [3.63, 3.8) is 0 Å². The Hall–Kier alpha value is -2.10. The molecule has 0 radical (unpaired) electrons. The predicted molar refractivity (Wildman–Crippen MR) is 69.7 cm³/mol. The lowest BCUT2D eigenvalue weighted by molar-refractivity contribution is -0.144. The highest BCUT2D eigenvalue weighted by molar-refractivity contribution is 5.74. The third kappa shape index (κ3) is 6.25. The van der Waals surface area contributed by atoms with Crippen LogP contribution in [-0.2, 0) is 15.7 Å². The van der Waals surface area contributed by atoms with Crippen LogP contribution >= 0.6 is 0 Å². The minimum atomic E-state index is -4.63. The normalized spacial score (nSPS) is 11.2. The second kappa shape index (κ2) is 7.62. The smallest absolute Gasteiger partial charge is 0.370 e. The van der Waals surface area contributed by atoms with E-state index in [1.54, 1.807) is 6.92 Å². The van der Waals surface area contributed by atoms with Gasteiger partial charge in [0.15, 0.2) is 0 Å². The summed E-state index contributed by atoms with van der Waals surface area (Å²) in [6, 6.07) is 1.35. The summed E-state index contributed by atoms with van der Waals surface area (Å²) in [4.78, 5) is 17.2. The van der Waals surface area contributed by atoms with E-state index in [0.29, 0.717) is 6.54 Å². The molecule has 7 nitrogen and oxygen atoms in total. The summed E-state index contributed by atoms with van der Waals surface area (Å²) >= 11 is 0. The highest BCUT2D eigenvalue weighted by Gasteiger charge is 2.35. The number of nitrogens with one attached hydrogen (secondary N) is 2. The van der Waals surface area contributed by atoms with Gasteiger partial charge in [0.1, 0.15) is 18.2 Å². The van der Waals surface area contributed by atoms with E-state index in [-0.39, 0.29) is 31.4 Å². The molecular formula is C11H16F3N5O2. The number of alkyl halides is 3. The van der Waals surface area contributed by atoms with Crippen molar-refractivity contribution >= 4 is 17.5 Å². The first-order valence-electron chi connectivity index (χ1n) is 6.13. The molecule has 0 spiro atoms. The van der Waals surface area contributed by atoms with Crippen LogP contribution in [-0.4, -0.2) is 42.2 Å². The maximum atomic E-state index is 12.7. The zero-order valence-corrected chi connectivity index (χ0v) is 11.3. The van der Waals surface area contributed by atoms with E-state index >= 15 is 0 Å². The lowest BCUT2D eigenvalue weighted by Crippen LogP contribution is -2.21. The molecule has 1 aromatic heterocycles. The highest BCUT2D eigenvalue weighted by atomic mass is 19.4. The quantitative estimate of drug-likeness (QED) is 0.615. The summed E-state index contributed by atoms with van der Waals surface area (Å²) < 4.78 is 42.9. The van der Waals surface area contributed by atoms with Gasteiger partial charge in [0.05, 0.1) is 6.61 Å².